The summed E-state index contributed by atoms with van der Waals surface area (Å²) in [6, 6.07) is 0. The highest BCUT2D eigenvalue weighted by molar-refractivity contribution is 6.57. The maximum absolute atomic E-state index is 10.1. The molecule has 4 heteroatoms. The third-order valence-corrected chi connectivity index (χ3v) is 1.19. The molecule has 0 aromatic heterocycles. The molecular formula is C7H14BNO2. The Bertz CT molecular complexity index is 109. The first kappa shape index (κ1) is 10.5. The van der Waals surface area contributed by atoms with Crippen LogP contribution in [0.25, 0.3) is 0 Å². The third-order valence-electron chi connectivity index (χ3n) is 1.19. The van der Waals surface area contributed by atoms with E-state index in [2.05, 4.69) is 12.2 Å². The normalized spacial score (nSPS) is 9.55. The van der Waals surface area contributed by atoms with E-state index in [1.165, 1.54) is 0 Å². The van der Waals surface area contributed by atoms with Crippen LogP contribution < -0.4 is 5.32 Å². The van der Waals surface area contributed by atoms with Crippen LogP contribution >= 0.6 is 0 Å². The van der Waals surface area contributed by atoms with Crippen molar-refractivity contribution in [2.45, 2.75) is 19.8 Å². The lowest BCUT2D eigenvalue weighted by atomic mass is 10.1. The van der Waals surface area contributed by atoms with Gasteiger partial charge in [-0.3, -0.25) is 4.79 Å². The topological polar surface area (TPSA) is 38.3 Å². The molecule has 11 heavy (non-hydrogen) atoms. The van der Waals surface area contributed by atoms with Crippen LogP contribution in [-0.4, -0.2) is 33.4 Å². The van der Waals surface area contributed by atoms with Gasteiger partial charge in [0.25, 0.3) is 0 Å². The summed E-state index contributed by atoms with van der Waals surface area (Å²) in [6.45, 7) is 3.91. The molecule has 0 atom stereocenters. The van der Waals surface area contributed by atoms with E-state index in [9.17, 15) is 4.79 Å². The third kappa shape index (κ3) is 9.49. The summed E-state index contributed by atoms with van der Waals surface area (Å²) in [5, 5.41) is 2.44. The summed E-state index contributed by atoms with van der Waals surface area (Å²) in [4.78, 5) is 10.1. The average Bonchev–Trinajstić information content (AvgIpc) is 1.96. The molecule has 62 valence electrons. The monoisotopic (exact) mass is 155 g/mol. The van der Waals surface area contributed by atoms with E-state index in [4.69, 9.17) is 12.6 Å². The second-order valence-corrected chi connectivity index (χ2v) is 2.26. The van der Waals surface area contributed by atoms with Crippen LogP contribution in [0, 0.1) is 0 Å². The maximum Gasteiger partial charge on any atom is 0.200 e. The summed E-state index contributed by atoms with van der Waals surface area (Å²) in [6.07, 6.45) is 2.19. The number of rotatable bonds is 6. The molecule has 0 unspecified atom stereocenters. The minimum Gasteiger partial charge on any atom is -0.380 e. The number of hydrogen-bond donors (Lipinski definition) is 1. The molecule has 0 heterocycles. The van der Waals surface area contributed by atoms with Crippen molar-refractivity contribution in [1.29, 1.82) is 0 Å². The largest absolute Gasteiger partial charge is 0.380 e. The molecule has 2 radical (unpaired) electrons. The lowest BCUT2D eigenvalue weighted by Gasteiger charge is -2.03. The second kappa shape index (κ2) is 7.60. The lowest BCUT2D eigenvalue weighted by Crippen LogP contribution is -2.25. The number of amides is 1. The number of carbonyl (C=O) groups is 1. The zero-order chi connectivity index (χ0) is 8.53. The summed E-state index contributed by atoms with van der Waals surface area (Å²) >= 11 is 0. The van der Waals surface area contributed by atoms with E-state index in [1.54, 1.807) is 0 Å². The minimum atomic E-state index is -0.496. The predicted octanol–water partition coefficient (Wildman–Crippen LogP) is 0.681. The predicted molar refractivity (Wildman–Crippen MR) is 44.9 cm³/mol. The molecule has 0 saturated carbocycles. The van der Waals surface area contributed by atoms with Gasteiger partial charge in [0, 0.05) is 13.2 Å². The number of carbonyl (C=O) groups excluding carboxylic acids is 1. The number of nitrogens with one attached hydrogen (secondary N) is 1. The Balaban J connectivity index is 2.85. The molecule has 0 aromatic carbocycles. The summed E-state index contributed by atoms with van der Waals surface area (Å²) in [5.74, 6) is -0.496. The van der Waals surface area contributed by atoms with Gasteiger partial charge in [0.05, 0.1) is 6.61 Å². The highest BCUT2D eigenvalue weighted by Gasteiger charge is 1.89. The SMILES string of the molecule is [B]C(=O)NCCOCCCC. The van der Waals surface area contributed by atoms with Gasteiger partial charge in [-0.2, -0.15) is 0 Å². The average molecular weight is 155 g/mol. The van der Waals surface area contributed by atoms with E-state index in [0.29, 0.717) is 13.2 Å². The quantitative estimate of drug-likeness (QED) is 0.452. The molecule has 1 N–H and O–H groups in total. The van der Waals surface area contributed by atoms with Gasteiger partial charge in [-0.05, 0) is 6.42 Å². The molecule has 0 fully saturated rings. The standard InChI is InChI=1S/C7H14BNO2/c1-2-3-5-11-6-4-9-7(8)10/h2-6H2,1H3,(H,9,10). The Morgan fingerprint density at radius 1 is 1.55 bits per heavy atom. The van der Waals surface area contributed by atoms with Gasteiger partial charge in [0.1, 0.15) is 0 Å². The fourth-order valence-electron chi connectivity index (χ4n) is 0.595. The lowest BCUT2D eigenvalue weighted by molar-refractivity contribution is 0.134. The highest BCUT2D eigenvalue weighted by atomic mass is 16.5. The van der Waals surface area contributed by atoms with Crippen LogP contribution in [0.5, 0.6) is 0 Å². The smallest absolute Gasteiger partial charge is 0.200 e. The van der Waals surface area contributed by atoms with Crippen LogP contribution in [0.4, 0.5) is 4.79 Å². The van der Waals surface area contributed by atoms with Gasteiger partial charge < -0.3 is 10.1 Å². The van der Waals surface area contributed by atoms with Gasteiger partial charge in [0.15, 0.2) is 13.7 Å². The van der Waals surface area contributed by atoms with E-state index in [-0.39, 0.29) is 0 Å². The van der Waals surface area contributed by atoms with E-state index in [0.717, 1.165) is 19.4 Å². The van der Waals surface area contributed by atoms with Crippen LogP contribution in [0.15, 0.2) is 0 Å². The Morgan fingerprint density at radius 2 is 2.27 bits per heavy atom. The molecule has 0 aliphatic carbocycles. The maximum atomic E-state index is 10.1. The molecule has 1 amide bonds. The molecule has 0 spiro atoms. The first-order valence-electron chi connectivity index (χ1n) is 3.88. The molecule has 0 aromatic rings. The fourth-order valence-corrected chi connectivity index (χ4v) is 0.595. The van der Waals surface area contributed by atoms with Crippen molar-refractivity contribution in [1.82, 2.24) is 5.32 Å². The zero-order valence-corrected chi connectivity index (χ0v) is 6.93. The van der Waals surface area contributed by atoms with Crippen molar-refractivity contribution in [2.75, 3.05) is 19.8 Å². The van der Waals surface area contributed by atoms with Crippen molar-refractivity contribution >= 4 is 13.7 Å². The van der Waals surface area contributed by atoms with E-state index in [1.807, 2.05) is 0 Å². The van der Waals surface area contributed by atoms with Gasteiger partial charge in [0.2, 0.25) is 0 Å². The summed E-state index contributed by atoms with van der Waals surface area (Å²) in [5.41, 5.74) is 0. The molecule has 0 bridgehead atoms. The molecule has 0 aliphatic heterocycles. The van der Waals surface area contributed by atoms with Gasteiger partial charge in [-0.25, -0.2) is 0 Å². The summed E-state index contributed by atoms with van der Waals surface area (Å²) in [7, 11) is 4.83. The highest BCUT2D eigenvalue weighted by Crippen LogP contribution is 1.86. The van der Waals surface area contributed by atoms with E-state index < -0.39 is 5.81 Å². The van der Waals surface area contributed by atoms with Gasteiger partial charge in [-0.1, -0.05) is 13.3 Å². The van der Waals surface area contributed by atoms with Crippen LogP contribution in [0.3, 0.4) is 0 Å². The van der Waals surface area contributed by atoms with Crippen molar-refractivity contribution < 1.29 is 9.53 Å². The number of ether oxygens (including phenoxy) is 1. The van der Waals surface area contributed by atoms with Crippen molar-refractivity contribution in [2.24, 2.45) is 0 Å². The van der Waals surface area contributed by atoms with Crippen LogP contribution in [0.1, 0.15) is 19.8 Å². The molecule has 3 nitrogen and oxygen atoms in total. The van der Waals surface area contributed by atoms with Crippen molar-refractivity contribution in [3.63, 3.8) is 0 Å². The van der Waals surface area contributed by atoms with Crippen molar-refractivity contribution in [3.8, 4) is 0 Å². The van der Waals surface area contributed by atoms with E-state index >= 15 is 0 Å². The Kier molecular flexibility index (Phi) is 7.25. The Morgan fingerprint density at radius 3 is 2.82 bits per heavy atom. The fraction of sp³-hybridized carbons (Fsp3) is 0.857. The first-order valence-corrected chi connectivity index (χ1v) is 3.88. The van der Waals surface area contributed by atoms with Crippen LogP contribution in [0.2, 0.25) is 0 Å². The molecule has 0 saturated heterocycles. The molecular weight excluding hydrogens is 141 g/mol. The number of hydrogen-bond acceptors (Lipinski definition) is 2. The first-order chi connectivity index (χ1) is 5.27. The Labute approximate surface area is 68.9 Å². The van der Waals surface area contributed by atoms with Gasteiger partial charge >= 0.3 is 0 Å². The van der Waals surface area contributed by atoms with Crippen molar-refractivity contribution in [3.05, 3.63) is 0 Å². The zero-order valence-electron chi connectivity index (χ0n) is 6.93. The Hall–Kier alpha value is -0.505. The number of unbranched alkanes of at least 4 members (excludes halogenated alkanes) is 1. The molecule has 0 aliphatic rings. The summed E-state index contributed by atoms with van der Waals surface area (Å²) < 4.78 is 5.15. The molecule has 0 rings (SSSR count). The van der Waals surface area contributed by atoms with Gasteiger partial charge in [-0.15, -0.1) is 0 Å². The van der Waals surface area contributed by atoms with Crippen LogP contribution in [-0.2, 0) is 4.74 Å². The minimum absolute atomic E-state index is 0.496. The second-order valence-electron chi connectivity index (χ2n) is 2.26.